The number of anilines is 1. The van der Waals surface area contributed by atoms with Crippen molar-refractivity contribution in [3.8, 4) is 0 Å². The van der Waals surface area contributed by atoms with E-state index in [1.54, 1.807) is 4.90 Å². The number of benzene rings is 1. The highest BCUT2D eigenvalue weighted by molar-refractivity contribution is 6.00. The minimum atomic E-state index is -0.544. The highest BCUT2D eigenvalue weighted by Gasteiger charge is 2.28. The molecule has 1 unspecified atom stereocenters. The van der Waals surface area contributed by atoms with Gasteiger partial charge in [-0.2, -0.15) is 0 Å². The first-order chi connectivity index (χ1) is 10.0. The van der Waals surface area contributed by atoms with Crippen LogP contribution in [-0.4, -0.2) is 40.0 Å². The second-order valence-electron chi connectivity index (χ2n) is 5.19. The molecule has 1 amide bonds. The lowest BCUT2D eigenvalue weighted by molar-refractivity contribution is -0.384. The average Bonchev–Trinajstić information content (AvgIpc) is 2.47. The van der Waals surface area contributed by atoms with Gasteiger partial charge in [0, 0.05) is 37.0 Å². The first-order valence-corrected chi connectivity index (χ1v) is 7.00. The maximum absolute atomic E-state index is 12.6. The third-order valence-electron chi connectivity index (χ3n) is 3.83. The predicted octanol–water partition coefficient (Wildman–Crippen LogP) is 1.55. The van der Waals surface area contributed by atoms with Crippen molar-refractivity contribution in [2.24, 2.45) is 0 Å². The van der Waals surface area contributed by atoms with Gasteiger partial charge in [0.25, 0.3) is 11.6 Å². The first kappa shape index (κ1) is 15.2. The van der Waals surface area contributed by atoms with Crippen molar-refractivity contribution < 1.29 is 14.8 Å². The molecule has 1 aromatic rings. The topological polar surface area (TPSA) is 110 Å². The van der Waals surface area contributed by atoms with Gasteiger partial charge < -0.3 is 15.7 Å². The van der Waals surface area contributed by atoms with Crippen molar-refractivity contribution >= 4 is 17.3 Å². The lowest BCUT2D eigenvalue weighted by atomic mass is 9.98. The number of likely N-dealkylation sites (tertiary alicyclic amines) is 1. The molecular formula is C14H19N3O4. The Morgan fingerprint density at radius 1 is 1.48 bits per heavy atom. The van der Waals surface area contributed by atoms with Gasteiger partial charge in [-0.3, -0.25) is 14.9 Å². The summed E-state index contributed by atoms with van der Waals surface area (Å²) >= 11 is 0. The van der Waals surface area contributed by atoms with E-state index in [9.17, 15) is 14.9 Å². The molecule has 0 radical (unpaired) electrons. The molecule has 0 saturated carbocycles. The second-order valence-corrected chi connectivity index (χ2v) is 5.19. The Morgan fingerprint density at radius 3 is 2.90 bits per heavy atom. The molecule has 21 heavy (non-hydrogen) atoms. The summed E-state index contributed by atoms with van der Waals surface area (Å²) in [5, 5.41) is 19.9. The number of nitrogens with zero attached hydrogens (tertiary/aromatic N) is 2. The Balaban J connectivity index is 2.29. The number of carbonyl (C=O) groups is 1. The highest BCUT2D eigenvalue weighted by atomic mass is 16.6. The number of non-ortho nitro benzene ring substituents is 1. The number of rotatable bonds is 4. The van der Waals surface area contributed by atoms with E-state index in [4.69, 9.17) is 10.8 Å². The van der Waals surface area contributed by atoms with Crippen LogP contribution in [-0.2, 0) is 0 Å². The standard InChI is InChI=1S/C14H19N3O4/c15-13-5-4-11(17(20)21)9-12(13)14(19)16-7-2-1-3-10(16)6-8-18/h4-5,9-10,18H,1-3,6-8,15H2. The van der Waals surface area contributed by atoms with Crippen LogP contribution in [0.4, 0.5) is 11.4 Å². The summed E-state index contributed by atoms with van der Waals surface area (Å²) in [6.07, 6.45) is 3.25. The SMILES string of the molecule is Nc1ccc([N+](=O)[O-])cc1C(=O)N1CCCCC1CCO. The van der Waals surface area contributed by atoms with Crippen LogP contribution in [0.5, 0.6) is 0 Å². The van der Waals surface area contributed by atoms with Gasteiger partial charge in [0.05, 0.1) is 10.5 Å². The molecule has 1 fully saturated rings. The molecule has 3 N–H and O–H groups in total. The van der Waals surface area contributed by atoms with Crippen LogP contribution in [0.1, 0.15) is 36.0 Å². The second kappa shape index (κ2) is 6.53. The van der Waals surface area contributed by atoms with Crippen LogP contribution in [0.15, 0.2) is 18.2 Å². The third-order valence-corrected chi connectivity index (χ3v) is 3.83. The molecule has 0 spiro atoms. The van der Waals surface area contributed by atoms with Crippen LogP contribution in [0.25, 0.3) is 0 Å². The number of aliphatic hydroxyl groups excluding tert-OH is 1. The zero-order valence-corrected chi connectivity index (χ0v) is 11.7. The van der Waals surface area contributed by atoms with Crippen molar-refractivity contribution in [1.29, 1.82) is 0 Å². The summed E-state index contributed by atoms with van der Waals surface area (Å²) in [6.45, 7) is 0.602. The van der Waals surface area contributed by atoms with Crippen molar-refractivity contribution in [2.45, 2.75) is 31.7 Å². The number of hydrogen-bond donors (Lipinski definition) is 2. The Labute approximate surface area is 122 Å². The van der Waals surface area contributed by atoms with Gasteiger partial charge in [0.1, 0.15) is 0 Å². The molecule has 0 aromatic heterocycles. The Kier molecular flexibility index (Phi) is 4.74. The number of hydrogen-bond acceptors (Lipinski definition) is 5. The molecule has 0 aliphatic carbocycles. The van der Waals surface area contributed by atoms with Crippen LogP contribution < -0.4 is 5.73 Å². The number of nitrogen functional groups attached to an aromatic ring is 1. The van der Waals surface area contributed by atoms with E-state index in [0.29, 0.717) is 13.0 Å². The number of nitro benzene ring substituents is 1. The van der Waals surface area contributed by atoms with Crippen molar-refractivity contribution in [3.63, 3.8) is 0 Å². The molecule has 7 nitrogen and oxygen atoms in total. The fraction of sp³-hybridized carbons (Fsp3) is 0.500. The summed E-state index contributed by atoms with van der Waals surface area (Å²) in [7, 11) is 0. The number of piperidine rings is 1. The van der Waals surface area contributed by atoms with Crippen LogP contribution in [0.3, 0.4) is 0 Å². The van der Waals surface area contributed by atoms with Gasteiger partial charge in [0.2, 0.25) is 0 Å². The molecule has 7 heteroatoms. The molecule has 1 heterocycles. The number of nitrogens with two attached hydrogens (primary N) is 1. The quantitative estimate of drug-likeness (QED) is 0.497. The van der Waals surface area contributed by atoms with Crippen molar-refractivity contribution in [1.82, 2.24) is 4.90 Å². The zero-order chi connectivity index (χ0) is 15.4. The van der Waals surface area contributed by atoms with E-state index in [1.165, 1.54) is 18.2 Å². The highest BCUT2D eigenvalue weighted by Crippen LogP contribution is 2.26. The maximum atomic E-state index is 12.6. The van der Waals surface area contributed by atoms with E-state index >= 15 is 0 Å². The Bertz CT molecular complexity index is 545. The molecule has 2 rings (SSSR count). The normalized spacial score (nSPS) is 18.5. The van der Waals surface area contributed by atoms with Crippen LogP contribution in [0, 0.1) is 10.1 Å². The first-order valence-electron chi connectivity index (χ1n) is 7.00. The fourth-order valence-electron chi connectivity index (χ4n) is 2.71. The number of amides is 1. The lowest BCUT2D eigenvalue weighted by Gasteiger charge is -2.35. The smallest absolute Gasteiger partial charge is 0.270 e. The van der Waals surface area contributed by atoms with Gasteiger partial charge in [-0.05, 0) is 31.7 Å². The van der Waals surface area contributed by atoms with Gasteiger partial charge in [-0.25, -0.2) is 0 Å². The van der Waals surface area contributed by atoms with E-state index < -0.39 is 4.92 Å². The molecule has 0 bridgehead atoms. The van der Waals surface area contributed by atoms with E-state index in [-0.39, 0.29) is 35.5 Å². The van der Waals surface area contributed by atoms with Crippen LogP contribution in [0.2, 0.25) is 0 Å². The summed E-state index contributed by atoms with van der Waals surface area (Å²) in [5.41, 5.74) is 6.04. The van der Waals surface area contributed by atoms with Crippen LogP contribution >= 0.6 is 0 Å². The van der Waals surface area contributed by atoms with Gasteiger partial charge >= 0.3 is 0 Å². The molecule has 1 saturated heterocycles. The van der Waals surface area contributed by atoms with Crippen molar-refractivity contribution in [3.05, 3.63) is 33.9 Å². The van der Waals surface area contributed by atoms with Gasteiger partial charge in [-0.15, -0.1) is 0 Å². The number of aliphatic hydroxyl groups is 1. The summed E-state index contributed by atoms with van der Waals surface area (Å²) < 4.78 is 0. The molecular weight excluding hydrogens is 274 g/mol. The third kappa shape index (κ3) is 3.30. The number of carbonyl (C=O) groups excluding carboxylic acids is 1. The van der Waals surface area contributed by atoms with E-state index in [2.05, 4.69) is 0 Å². The predicted molar refractivity (Wildman–Crippen MR) is 77.9 cm³/mol. The van der Waals surface area contributed by atoms with E-state index in [1.807, 2.05) is 0 Å². The minimum absolute atomic E-state index is 0.0128. The summed E-state index contributed by atoms with van der Waals surface area (Å²) in [5.74, 6) is -0.297. The fourth-order valence-corrected chi connectivity index (χ4v) is 2.71. The summed E-state index contributed by atoms with van der Waals surface area (Å²) in [4.78, 5) is 24.6. The Hall–Kier alpha value is -2.15. The van der Waals surface area contributed by atoms with E-state index in [0.717, 1.165) is 19.3 Å². The number of nitro groups is 1. The molecule has 1 atom stereocenters. The molecule has 1 aliphatic heterocycles. The largest absolute Gasteiger partial charge is 0.398 e. The maximum Gasteiger partial charge on any atom is 0.270 e. The van der Waals surface area contributed by atoms with Gasteiger partial charge in [-0.1, -0.05) is 0 Å². The minimum Gasteiger partial charge on any atom is -0.398 e. The average molecular weight is 293 g/mol. The van der Waals surface area contributed by atoms with Crippen molar-refractivity contribution in [2.75, 3.05) is 18.9 Å². The zero-order valence-electron chi connectivity index (χ0n) is 11.7. The molecule has 114 valence electrons. The molecule has 1 aromatic carbocycles. The monoisotopic (exact) mass is 293 g/mol. The van der Waals surface area contributed by atoms with Gasteiger partial charge in [0.15, 0.2) is 0 Å². The summed E-state index contributed by atoms with van der Waals surface area (Å²) in [6, 6.07) is 3.86. The molecule has 1 aliphatic rings. The Morgan fingerprint density at radius 2 is 2.24 bits per heavy atom. The lowest BCUT2D eigenvalue weighted by Crippen LogP contribution is -2.44.